The number of fused-ring (bicyclic) bond motifs is 1. The Kier molecular flexibility index (Phi) is 5.46. The monoisotopic (exact) mass is 351 g/mol. The van der Waals surface area contributed by atoms with Gasteiger partial charge in [0.25, 0.3) is 0 Å². The molecule has 0 aliphatic carbocycles. The van der Waals surface area contributed by atoms with Crippen molar-refractivity contribution in [2.75, 3.05) is 23.3 Å². The highest BCUT2D eigenvalue weighted by atomic mass is 32.1. The second kappa shape index (κ2) is 7.94. The van der Waals surface area contributed by atoms with Gasteiger partial charge in [0.05, 0.1) is 10.2 Å². The molecule has 1 aromatic heterocycles. The Morgan fingerprint density at radius 1 is 1.12 bits per heavy atom. The van der Waals surface area contributed by atoms with Crippen molar-refractivity contribution in [3.63, 3.8) is 0 Å². The number of thiazole rings is 1. The van der Waals surface area contributed by atoms with Gasteiger partial charge in [0.1, 0.15) is 5.01 Å². The summed E-state index contributed by atoms with van der Waals surface area (Å²) >= 11 is 1.57. The van der Waals surface area contributed by atoms with Crippen LogP contribution >= 0.6 is 11.3 Å². The lowest BCUT2D eigenvalue weighted by molar-refractivity contribution is -0.111. The molecular formula is C20H21N3OS. The Morgan fingerprint density at radius 3 is 2.52 bits per heavy atom. The Bertz CT molecular complexity index is 846. The van der Waals surface area contributed by atoms with Crippen LogP contribution in [0.4, 0.5) is 11.4 Å². The Balaban J connectivity index is 1.63. The molecule has 0 saturated carbocycles. The first-order chi connectivity index (χ1) is 12.2. The Hall–Kier alpha value is -2.66. The van der Waals surface area contributed by atoms with E-state index in [0.29, 0.717) is 0 Å². The zero-order valence-corrected chi connectivity index (χ0v) is 15.2. The van der Waals surface area contributed by atoms with Gasteiger partial charge in [-0.2, -0.15) is 0 Å². The molecule has 2 aromatic carbocycles. The first-order valence-electron chi connectivity index (χ1n) is 8.39. The smallest absolute Gasteiger partial charge is 0.248 e. The molecule has 1 N–H and O–H groups in total. The molecule has 1 heterocycles. The molecule has 0 fully saturated rings. The summed E-state index contributed by atoms with van der Waals surface area (Å²) in [6, 6.07) is 15.9. The lowest BCUT2D eigenvalue weighted by Gasteiger charge is -2.21. The van der Waals surface area contributed by atoms with Crippen molar-refractivity contribution >= 4 is 44.9 Å². The van der Waals surface area contributed by atoms with Crippen LogP contribution in [0.5, 0.6) is 0 Å². The van der Waals surface area contributed by atoms with E-state index in [4.69, 9.17) is 0 Å². The number of anilines is 2. The van der Waals surface area contributed by atoms with Crippen LogP contribution in [0.15, 0.2) is 54.6 Å². The van der Waals surface area contributed by atoms with E-state index in [1.807, 2.05) is 48.5 Å². The van der Waals surface area contributed by atoms with Gasteiger partial charge in [-0.15, -0.1) is 11.3 Å². The number of carbonyl (C=O) groups is 1. The maximum absolute atomic E-state index is 12.1. The Morgan fingerprint density at radius 2 is 1.84 bits per heavy atom. The minimum absolute atomic E-state index is 0.158. The molecule has 0 radical (unpaired) electrons. The zero-order valence-electron chi connectivity index (χ0n) is 14.4. The molecule has 5 heteroatoms. The number of hydrogen-bond donors (Lipinski definition) is 1. The van der Waals surface area contributed by atoms with Crippen molar-refractivity contribution in [1.29, 1.82) is 0 Å². The summed E-state index contributed by atoms with van der Waals surface area (Å²) in [5.74, 6) is -0.158. The maximum Gasteiger partial charge on any atom is 0.248 e. The van der Waals surface area contributed by atoms with Gasteiger partial charge in [-0.25, -0.2) is 4.98 Å². The van der Waals surface area contributed by atoms with E-state index in [1.54, 1.807) is 17.4 Å². The predicted octanol–water partition coefficient (Wildman–Crippen LogP) is 4.79. The molecule has 1 amide bonds. The molecule has 25 heavy (non-hydrogen) atoms. The second-order valence-electron chi connectivity index (χ2n) is 5.56. The molecule has 0 unspecified atom stereocenters. The van der Waals surface area contributed by atoms with Gasteiger partial charge in [0.2, 0.25) is 5.91 Å². The van der Waals surface area contributed by atoms with E-state index in [1.165, 1.54) is 6.08 Å². The minimum Gasteiger partial charge on any atom is -0.372 e. The average Bonchev–Trinajstić information content (AvgIpc) is 3.05. The third-order valence-electron chi connectivity index (χ3n) is 3.95. The number of benzene rings is 2. The Labute approximate surface area is 151 Å². The summed E-state index contributed by atoms with van der Waals surface area (Å²) < 4.78 is 1.12. The van der Waals surface area contributed by atoms with Crippen molar-refractivity contribution in [1.82, 2.24) is 4.98 Å². The fourth-order valence-corrected chi connectivity index (χ4v) is 3.51. The number of nitrogens with one attached hydrogen (secondary N) is 1. The highest BCUT2D eigenvalue weighted by Gasteiger charge is 2.04. The van der Waals surface area contributed by atoms with Crippen LogP contribution in [-0.2, 0) is 4.79 Å². The molecule has 4 nitrogen and oxygen atoms in total. The van der Waals surface area contributed by atoms with E-state index in [9.17, 15) is 4.79 Å². The van der Waals surface area contributed by atoms with Gasteiger partial charge in [-0.1, -0.05) is 12.1 Å². The molecule has 3 rings (SSSR count). The number of aromatic nitrogens is 1. The average molecular weight is 351 g/mol. The van der Waals surface area contributed by atoms with E-state index in [2.05, 4.69) is 29.0 Å². The fraction of sp³-hybridized carbons (Fsp3) is 0.200. The largest absolute Gasteiger partial charge is 0.372 e. The van der Waals surface area contributed by atoms with Gasteiger partial charge in [-0.05, 0) is 56.3 Å². The molecule has 128 valence electrons. The van der Waals surface area contributed by atoms with Crippen LogP contribution < -0.4 is 10.2 Å². The van der Waals surface area contributed by atoms with E-state index < -0.39 is 0 Å². The molecule has 0 aliphatic rings. The molecule has 0 aliphatic heterocycles. The minimum atomic E-state index is -0.158. The molecule has 0 spiro atoms. The molecular weight excluding hydrogens is 330 g/mol. The third-order valence-corrected chi connectivity index (χ3v) is 4.95. The number of amides is 1. The highest BCUT2D eigenvalue weighted by Crippen LogP contribution is 2.22. The predicted molar refractivity (Wildman–Crippen MR) is 107 cm³/mol. The van der Waals surface area contributed by atoms with Crippen LogP contribution in [0.3, 0.4) is 0 Å². The quantitative estimate of drug-likeness (QED) is 0.649. The van der Waals surface area contributed by atoms with E-state index >= 15 is 0 Å². The first kappa shape index (κ1) is 17.2. The number of rotatable bonds is 6. The summed E-state index contributed by atoms with van der Waals surface area (Å²) in [7, 11) is 0. The summed E-state index contributed by atoms with van der Waals surface area (Å²) in [6.07, 6.45) is 3.28. The number of nitrogens with zero attached hydrogens (tertiary/aromatic N) is 2. The van der Waals surface area contributed by atoms with Crippen LogP contribution in [0, 0.1) is 0 Å². The van der Waals surface area contributed by atoms with Gasteiger partial charge >= 0.3 is 0 Å². The first-order valence-corrected chi connectivity index (χ1v) is 9.21. The third kappa shape index (κ3) is 4.25. The molecule has 0 atom stereocenters. The van der Waals surface area contributed by atoms with Crippen molar-refractivity contribution in [3.05, 3.63) is 59.6 Å². The van der Waals surface area contributed by atoms with Crippen molar-refractivity contribution in [2.24, 2.45) is 0 Å². The fourth-order valence-electron chi connectivity index (χ4n) is 2.64. The van der Waals surface area contributed by atoms with Gasteiger partial charge in [0.15, 0.2) is 0 Å². The van der Waals surface area contributed by atoms with E-state index in [-0.39, 0.29) is 5.91 Å². The molecule has 0 bridgehead atoms. The van der Waals surface area contributed by atoms with Crippen molar-refractivity contribution in [2.45, 2.75) is 13.8 Å². The summed E-state index contributed by atoms with van der Waals surface area (Å²) in [4.78, 5) is 18.9. The topological polar surface area (TPSA) is 45.2 Å². The van der Waals surface area contributed by atoms with Crippen LogP contribution in [0.2, 0.25) is 0 Å². The lowest BCUT2D eigenvalue weighted by Crippen LogP contribution is -2.21. The molecule has 0 saturated heterocycles. The van der Waals surface area contributed by atoms with Crippen LogP contribution in [0.1, 0.15) is 18.9 Å². The number of para-hydroxylation sites is 1. The maximum atomic E-state index is 12.1. The lowest BCUT2D eigenvalue weighted by atomic mass is 10.2. The number of carbonyl (C=O) groups excluding carboxylic acids is 1. The van der Waals surface area contributed by atoms with Gasteiger partial charge < -0.3 is 10.2 Å². The highest BCUT2D eigenvalue weighted by molar-refractivity contribution is 7.19. The zero-order chi connectivity index (χ0) is 17.6. The number of hydrogen-bond acceptors (Lipinski definition) is 4. The van der Waals surface area contributed by atoms with Crippen LogP contribution in [0.25, 0.3) is 16.3 Å². The SMILES string of the molecule is CCN(CC)c1ccc(NC(=O)/C=C/c2nc3ccccc3s2)cc1. The standard InChI is InChI=1S/C20H21N3OS/c1-3-23(4-2)16-11-9-15(10-12-16)21-19(24)13-14-20-22-17-7-5-6-8-18(17)25-20/h5-14H,3-4H2,1-2H3,(H,21,24)/b14-13+. The second-order valence-corrected chi connectivity index (χ2v) is 6.62. The summed E-state index contributed by atoms with van der Waals surface area (Å²) in [5.41, 5.74) is 2.91. The van der Waals surface area contributed by atoms with Gasteiger partial charge in [0, 0.05) is 30.5 Å². The van der Waals surface area contributed by atoms with Crippen molar-refractivity contribution in [3.8, 4) is 0 Å². The normalized spacial score (nSPS) is 11.1. The summed E-state index contributed by atoms with van der Waals surface area (Å²) in [6.45, 7) is 6.19. The summed E-state index contributed by atoms with van der Waals surface area (Å²) in [5, 5.41) is 3.71. The molecule has 3 aromatic rings. The van der Waals surface area contributed by atoms with Crippen molar-refractivity contribution < 1.29 is 4.79 Å². The van der Waals surface area contributed by atoms with Crippen LogP contribution in [-0.4, -0.2) is 24.0 Å². The van der Waals surface area contributed by atoms with E-state index in [0.717, 1.165) is 39.7 Å². The van der Waals surface area contributed by atoms with Gasteiger partial charge in [-0.3, -0.25) is 4.79 Å².